The molecule has 7 nitrogen and oxygen atoms in total. The van der Waals surface area contributed by atoms with Crippen LogP contribution in [-0.4, -0.2) is 40.3 Å². The summed E-state index contributed by atoms with van der Waals surface area (Å²) in [6, 6.07) is 12.0. The van der Waals surface area contributed by atoms with E-state index >= 15 is 0 Å². The van der Waals surface area contributed by atoms with Gasteiger partial charge in [0.15, 0.2) is 9.84 Å². The molecular formula is C13H11N5O2S. The maximum Gasteiger partial charge on any atom is 0.222 e. The topological polar surface area (TPSA) is 101 Å². The molecule has 3 rings (SSSR count). The Morgan fingerprint density at radius 3 is 2.52 bits per heavy atom. The lowest BCUT2D eigenvalue weighted by atomic mass is 10.1. The van der Waals surface area contributed by atoms with Crippen molar-refractivity contribution < 1.29 is 8.42 Å². The summed E-state index contributed by atoms with van der Waals surface area (Å²) in [5.41, 5.74) is 1.91. The molecule has 0 amide bonds. The predicted molar refractivity (Wildman–Crippen MR) is 76.0 cm³/mol. The first-order valence-corrected chi connectivity index (χ1v) is 7.94. The van der Waals surface area contributed by atoms with E-state index in [4.69, 9.17) is 0 Å². The third kappa shape index (κ3) is 2.79. The van der Waals surface area contributed by atoms with Crippen LogP contribution >= 0.6 is 0 Å². The van der Waals surface area contributed by atoms with Crippen molar-refractivity contribution in [3.05, 3.63) is 42.5 Å². The quantitative estimate of drug-likeness (QED) is 0.783. The summed E-state index contributed by atoms with van der Waals surface area (Å²) in [6.45, 7) is 0. The van der Waals surface area contributed by atoms with Crippen LogP contribution in [0, 0.1) is 0 Å². The number of benzene rings is 1. The average Bonchev–Trinajstić information content (AvgIpc) is 3.01. The number of aromatic nitrogens is 5. The van der Waals surface area contributed by atoms with Gasteiger partial charge in [0.25, 0.3) is 0 Å². The summed E-state index contributed by atoms with van der Waals surface area (Å²) < 4.78 is 23.2. The number of H-pyrrole nitrogens is 1. The summed E-state index contributed by atoms with van der Waals surface area (Å²) >= 11 is 0. The van der Waals surface area contributed by atoms with Crippen molar-refractivity contribution in [2.45, 2.75) is 4.90 Å². The first kappa shape index (κ1) is 13.4. The van der Waals surface area contributed by atoms with Gasteiger partial charge in [0, 0.05) is 11.8 Å². The first-order chi connectivity index (χ1) is 10.0. The zero-order valence-corrected chi connectivity index (χ0v) is 11.9. The zero-order chi connectivity index (χ0) is 14.9. The molecule has 0 fully saturated rings. The van der Waals surface area contributed by atoms with Crippen LogP contribution in [0.15, 0.2) is 47.4 Å². The number of aromatic amines is 1. The maximum atomic E-state index is 11.6. The van der Waals surface area contributed by atoms with Crippen molar-refractivity contribution in [1.29, 1.82) is 0 Å². The van der Waals surface area contributed by atoms with Crippen molar-refractivity contribution in [3.8, 4) is 22.8 Å². The first-order valence-electron chi connectivity index (χ1n) is 6.05. The van der Waals surface area contributed by atoms with Crippen LogP contribution < -0.4 is 0 Å². The molecule has 0 bridgehead atoms. The Hall–Kier alpha value is -2.61. The van der Waals surface area contributed by atoms with Gasteiger partial charge in [-0.3, -0.25) is 0 Å². The number of tetrazole rings is 1. The van der Waals surface area contributed by atoms with Crippen LogP contribution in [-0.2, 0) is 9.84 Å². The molecule has 0 atom stereocenters. The Balaban J connectivity index is 2.07. The van der Waals surface area contributed by atoms with Gasteiger partial charge in [-0.1, -0.05) is 18.2 Å². The second-order valence-electron chi connectivity index (χ2n) is 4.44. The molecule has 3 aromatic rings. The lowest BCUT2D eigenvalue weighted by molar-refractivity contribution is 0.602. The second-order valence-corrected chi connectivity index (χ2v) is 6.46. The molecule has 2 heterocycles. The minimum atomic E-state index is -3.25. The molecule has 21 heavy (non-hydrogen) atoms. The SMILES string of the molecule is CS(=O)(=O)c1cccc(-c2cccc(-c3nn[nH]n3)n2)c1. The van der Waals surface area contributed by atoms with Crippen LogP contribution in [0.2, 0.25) is 0 Å². The Morgan fingerprint density at radius 1 is 1.05 bits per heavy atom. The molecule has 1 N–H and O–H groups in total. The Bertz CT molecular complexity index is 875. The molecule has 0 saturated heterocycles. The minimum absolute atomic E-state index is 0.256. The number of hydrogen-bond acceptors (Lipinski definition) is 6. The molecule has 0 spiro atoms. The van der Waals surface area contributed by atoms with Gasteiger partial charge in [0.1, 0.15) is 5.69 Å². The van der Waals surface area contributed by atoms with Crippen molar-refractivity contribution >= 4 is 9.84 Å². The van der Waals surface area contributed by atoms with E-state index in [1.54, 1.807) is 42.5 Å². The van der Waals surface area contributed by atoms with Gasteiger partial charge in [0.2, 0.25) is 5.82 Å². The fourth-order valence-corrected chi connectivity index (χ4v) is 2.54. The highest BCUT2D eigenvalue weighted by Gasteiger charge is 2.10. The average molecular weight is 301 g/mol. The van der Waals surface area contributed by atoms with Gasteiger partial charge >= 0.3 is 0 Å². The summed E-state index contributed by atoms with van der Waals surface area (Å²) in [7, 11) is -3.25. The highest BCUT2D eigenvalue weighted by molar-refractivity contribution is 7.90. The molecule has 0 aliphatic rings. The molecule has 0 unspecified atom stereocenters. The minimum Gasteiger partial charge on any atom is -0.244 e. The summed E-state index contributed by atoms with van der Waals surface area (Å²) in [6.07, 6.45) is 1.18. The number of rotatable bonds is 3. The normalized spacial score (nSPS) is 11.5. The third-order valence-corrected chi connectivity index (χ3v) is 3.99. The van der Waals surface area contributed by atoms with Crippen molar-refractivity contribution in [2.24, 2.45) is 0 Å². The van der Waals surface area contributed by atoms with E-state index in [0.29, 0.717) is 22.8 Å². The van der Waals surface area contributed by atoms with Crippen LogP contribution in [0.5, 0.6) is 0 Å². The van der Waals surface area contributed by atoms with Gasteiger partial charge in [-0.25, -0.2) is 13.4 Å². The monoisotopic (exact) mass is 301 g/mol. The maximum absolute atomic E-state index is 11.6. The Kier molecular flexibility index (Phi) is 3.22. The van der Waals surface area contributed by atoms with Crippen molar-refractivity contribution in [3.63, 3.8) is 0 Å². The molecule has 8 heteroatoms. The van der Waals surface area contributed by atoms with E-state index in [0.717, 1.165) is 0 Å². The van der Waals surface area contributed by atoms with Gasteiger partial charge in [-0.15, -0.1) is 10.2 Å². The standard InChI is InChI=1S/C13H11N5O2S/c1-21(19,20)10-5-2-4-9(8-10)11-6-3-7-12(14-11)13-15-17-18-16-13/h2-8H,1H3,(H,15,16,17,18). The van der Waals surface area contributed by atoms with Gasteiger partial charge in [-0.05, 0) is 29.5 Å². The smallest absolute Gasteiger partial charge is 0.222 e. The largest absolute Gasteiger partial charge is 0.244 e. The molecule has 0 radical (unpaired) electrons. The summed E-state index contributed by atoms with van der Waals surface area (Å²) in [5.74, 6) is 0.385. The Morgan fingerprint density at radius 2 is 1.81 bits per heavy atom. The number of sulfone groups is 1. The number of nitrogens with zero attached hydrogens (tertiary/aromatic N) is 4. The fourth-order valence-electron chi connectivity index (χ4n) is 1.88. The van der Waals surface area contributed by atoms with Crippen LogP contribution in [0.3, 0.4) is 0 Å². The van der Waals surface area contributed by atoms with E-state index < -0.39 is 9.84 Å². The summed E-state index contributed by atoms with van der Waals surface area (Å²) in [5, 5.41) is 13.6. The lowest BCUT2D eigenvalue weighted by Crippen LogP contribution is -1.97. The molecule has 106 valence electrons. The third-order valence-electron chi connectivity index (χ3n) is 2.88. The van der Waals surface area contributed by atoms with Crippen molar-refractivity contribution in [2.75, 3.05) is 6.26 Å². The van der Waals surface area contributed by atoms with Gasteiger partial charge < -0.3 is 0 Å². The van der Waals surface area contributed by atoms with Gasteiger partial charge in [-0.2, -0.15) is 5.21 Å². The zero-order valence-electron chi connectivity index (χ0n) is 11.1. The second kappa shape index (κ2) is 5.06. The van der Waals surface area contributed by atoms with Crippen LogP contribution in [0.4, 0.5) is 0 Å². The van der Waals surface area contributed by atoms with Crippen LogP contribution in [0.1, 0.15) is 0 Å². The Labute approximate surface area is 121 Å². The number of nitrogens with one attached hydrogen (secondary N) is 1. The lowest BCUT2D eigenvalue weighted by Gasteiger charge is -2.04. The van der Waals surface area contributed by atoms with E-state index in [1.807, 2.05) is 0 Å². The van der Waals surface area contributed by atoms with E-state index in [1.165, 1.54) is 6.26 Å². The fraction of sp³-hybridized carbons (Fsp3) is 0.0769. The molecule has 0 aliphatic heterocycles. The molecule has 0 aliphatic carbocycles. The molecule has 1 aromatic carbocycles. The highest BCUT2D eigenvalue weighted by atomic mass is 32.2. The van der Waals surface area contributed by atoms with E-state index in [9.17, 15) is 8.42 Å². The molecular weight excluding hydrogens is 290 g/mol. The van der Waals surface area contributed by atoms with E-state index in [-0.39, 0.29) is 4.90 Å². The van der Waals surface area contributed by atoms with Crippen LogP contribution in [0.25, 0.3) is 22.8 Å². The van der Waals surface area contributed by atoms with E-state index in [2.05, 4.69) is 25.6 Å². The molecule has 0 saturated carbocycles. The number of hydrogen-bond donors (Lipinski definition) is 1. The molecule has 2 aromatic heterocycles. The number of pyridine rings is 1. The highest BCUT2D eigenvalue weighted by Crippen LogP contribution is 2.22. The predicted octanol–water partition coefficient (Wildman–Crippen LogP) is 1.33. The van der Waals surface area contributed by atoms with Gasteiger partial charge in [0.05, 0.1) is 10.6 Å². The summed E-state index contributed by atoms with van der Waals surface area (Å²) in [4.78, 5) is 4.69. The van der Waals surface area contributed by atoms with Crippen molar-refractivity contribution in [1.82, 2.24) is 25.6 Å².